The van der Waals surface area contributed by atoms with Crippen molar-refractivity contribution in [3.05, 3.63) is 147 Å². The monoisotopic (exact) mass is 1150 g/mol. The molecule has 10 rings (SSSR count). The van der Waals surface area contributed by atoms with Gasteiger partial charge in [-0.3, -0.25) is 0 Å². The van der Waals surface area contributed by atoms with Crippen molar-refractivity contribution in [3.63, 3.8) is 0 Å². The summed E-state index contributed by atoms with van der Waals surface area (Å²) in [7, 11) is 7.83. The zero-order chi connectivity index (χ0) is 51.2. The predicted molar refractivity (Wildman–Crippen MR) is 289 cm³/mol. The molecule has 9 aromatic rings. The summed E-state index contributed by atoms with van der Waals surface area (Å²) in [5.74, 6) is 0.384. The number of alkyl halides is 1. The molecule has 0 aliphatic carbocycles. The van der Waals surface area contributed by atoms with Gasteiger partial charge in [-0.25, -0.2) is 28.5 Å². The highest BCUT2D eigenvalue weighted by Crippen LogP contribution is 2.36. The summed E-state index contributed by atoms with van der Waals surface area (Å²) in [6.45, 7) is 8.28. The van der Waals surface area contributed by atoms with Crippen molar-refractivity contribution in [2.75, 3.05) is 49.1 Å². The van der Waals surface area contributed by atoms with Crippen molar-refractivity contribution in [1.82, 2.24) is 54.0 Å². The first kappa shape index (κ1) is 55.5. The van der Waals surface area contributed by atoms with Gasteiger partial charge < -0.3 is 29.6 Å². The Morgan fingerprint density at radius 3 is 1.64 bits per heavy atom. The lowest BCUT2D eigenvalue weighted by Crippen LogP contribution is -2.41. The SMILES string of the molecule is CN(C)c1ccc(-c2cnc3ccc(Cl)nn23)cc1.CN(C)c1ccc(B2OC(C)(C)C(C)(C)O2)cc1.Clc1ccc2ncc(Br)n2n1.Clc1ccc2nccn2n1.Nc1ccc(Cl)nn1.O=CCBr. The fourth-order valence-electron chi connectivity index (χ4n) is 5.83. The molecule has 7 aromatic heterocycles. The van der Waals surface area contributed by atoms with Crippen LogP contribution >= 0.6 is 78.3 Å². The van der Waals surface area contributed by atoms with Gasteiger partial charge in [-0.05, 0) is 122 Å². The van der Waals surface area contributed by atoms with E-state index in [9.17, 15) is 0 Å². The Kier molecular flexibility index (Phi) is 20.3. The molecule has 24 heteroatoms. The Hall–Kier alpha value is -5.45. The second-order valence-corrected chi connectivity index (χ2v) is 19.1. The average molecular weight is 1160 g/mol. The zero-order valence-corrected chi connectivity index (χ0v) is 45.5. The largest absolute Gasteiger partial charge is 0.494 e. The molecule has 0 unspecified atom stereocenters. The molecule has 1 saturated heterocycles. The summed E-state index contributed by atoms with van der Waals surface area (Å²) in [5.41, 5.74) is 12.4. The molecule has 2 N–H and O–H groups in total. The molecule has 0 spiro atoms. The van der Waals surface area contributed by atoms with E-state index in [-0.39, 0.29) is 18.3 Å². The van der Waals surface area contributed by atoms with Gasteiger partial charge in [0.15, 0.2) is 22.1 Å². The second-order valence-electron chi connectivity index (χ2n) is 16.1. The number of anilines is 3. The summed E-state index contributed by atoms with van der Waals surface area (Å²) in [6.07, 6.45) is 7.71. The van der Waals surface area contributed by atoms with E-state index >= 15 is 0 Å². The number of fused-ring (bicyclic) bond motifs is 3. The minimum Gasteiger partial charge on any atom is -0.399 e. The van der Waals surface area contributed by atoms with Crippen LogP contribution in [0.3, 0.4) is 0 Å². The minimum absolute atomic E-state index is 0.272. The van der Waals surface area contributed by atoms with Crippen LogP contribution in [0.1, 0.15) is 27.7 Å². The topological polar surface area (TPSA) is 184 Å². The number of aldehydes is 1. The summed E-state index contributed by atoms with van der Waals surface area (Å²) < 4.78 is 17.8. The van der Waals surface area contributed by atoms with Crippen molar-refractivity contribution >= 4 is 131 Å². The lowest BCUT2D eigenvalue weighted by atomic mass is 9.79. The average Bonchev–Trinajstić information content (AvgIpc) is 4.12. The van der Waals surface area contributed by atoms with Crippen molar-refractivity contribution in [2.45, 2.75) is 38.9 Å². The van der Waals surface area contributed by atoms with Crippen LogP contribution in [0.5, 0.6) is 0 Å². The van der Waals surface area contributed by atoms with Gasteiger partial charge in [-0.1, -0.05) is 86.6 Å². The predicted octanol–water partition coefficient (Wildman–Crippen LogP) is 9.99. The molecule has 8 heterocycles. The third-order valence-corrected chi connectivity index (χ3v) is 11.8. The third kappa shape index (κ3) is 15.5. The maximum atomic E-state index is 9.13. The van der Waals surface area contributed by atoms with Crippen LogP contribution in [0, 0.1) is 0 Å². The van der Waals surface area contributed by atoms with E-state index in [1.54, 1.807) is 68.5 Å². The van der Waals surface area contributed by atoms with Crippen LogP contribution in [0.15, 0.2) is 126 Å². The van der Waals surface area contributed by atoms with Crippen LogP contribution in [0.25, 0.3) is 28.2 Å². The van der Waals surface area contributed by atoms with Gasteiger partial charge in [0, 0.05) is 57.5 Å². The molecule has 0 saturated carbocycles. The number of benzene rings is 2. The summed E-state index contributed by atoms with van der Waals surface area (Å²) >= 11 is 28.8. The fraction of sp³-hybridized carbons (Fsp3) is 0.239. The molecule has 1 aliphatic rings. The maximum Gasteiger partial charge on any atom is 0.494 e. The van der Waals surface area contributed by atoms with Crippen molar-refractivity contribution in [3.8, 4) is 11.3 Å². The van der Waals surface area contributed by atoms with Crippen LogP contribution < -0.4 is 21.0 Å². The normalized spacial score (nSPS) is 13.0. The van der Waals surface area contributed by atoms with E-state index in [1.807, 2.05) is 46.5 Å². The van der Waals surface area contributed by atoms with Gasteiger partial charge in [0.25, 0.3) is 0 Å². The highest BCUT2D eigenvalue weighted by molar-refractivity contribution is 9.10. The van der Waals surface area contributed by atoms with Gasteiger partial charge in [-0.15, -0.1) is 10.2 Å². The first-order valence-electron chi connectivity index (χ1n) is 21.0. The van der Waals surface area contributed by atoms with Crippen LogP contribution in [-0.4, -0.2) is 112 Å². The Morgan fingerprint density at radius 1 is 0.643 bits per heavy atom. The molecular weight excluding hydrogens is 1110 g/mol. The van der Waals surface area contributed by atoms with Gasteiger partial charge in [0.1, 0.15) is 32.2 Å². The van der Waals surface area contributed by atoms with Gasteiger partial charge in [0.05, 0.1) is 34.6 Å². The molecule has 70 heavy (non-hydrogen) atoms. The second kappa shape index (κ2) is 25.6. The Morgan fingerprint density at radius 2 is 1.13 bits per heavy atom. The van der Waals surface area contributed by atoms with Crippen LogP contribution in [0.2, 0.25) is 20.6 Å². The van der Waals surface area contributed by atoms with E-state index in [0.29, 0.717) is 31.8 Å². The van der Waals surface area contributed by atoms with E-state index in [4.69, 9.17) is 66.2 Å². The number of hydrogen-bond donors (Lipinski definition) is 1. The highest BCUT2D eigenvalue weighted by Gasteiger charge is 2.51. The van der Waals surface area contributed by atoms with Gasteiger partial charge >= 0.3 is 7.12 Å². The molecule has 1 fully saturated rings. The summed E-state index contributed by atoms with van der Waals surface area (Å²) in [4.78, 5) is 25.6. The van der Waals surface area contributed by atoms with E-state index < -0.39 is 0 Å². The maximum absolute atomic E-state index is 9.13. The van der Waals surface area contributed by atoms with E-state index in [1.165, 1.54) is 5.69 Å². The van der Waals surface area contributed by atoms with Gasteiger partial charge in [-0.2, -0.15) is 15.3 Å². The standard InChI is InChI=1S/C14H22BNO2.C14H13ClN4.C6H3BrClN3.C6H4ClN3.C4H4ClN3.C2H3BrO/c1-13(2)14(3,4)18-15(17-13)11-7-9-12(10-8-11)16(5)6;1-18(2)11-5-3-10(4-6-11)12-9-16-14-8-7-13(15)17-19(12)14;7-4-3-9-6-2-1-5(8)10-11(4)6;7-5-1-2-6-8-3-4-10(6)9-5;5-3-1-2-4(6)8-7-3;3-1-2-4/h7-10H,1-6H3;3-9H,1-2H3;1-3H;1-4H;1-2H,(H2,6,8);2H,1H2. The third-order valence-electron chi connectivity index (χ3n) is 10.2. The number of carbonyl (C=O) groups excluding carboxylic acids is 1. The molecule has 0 atom stereocenters. The number of rotatable bonds is 5. The number of nitrogens with zero attached hydrogens (tertiary/aromatic N) is 13. The van der Waals surface area contributed by atoms with E-state index in [2.05, 4.69) is 158 Å². The highest BCUT2D eigenvalue weighted by atomic mass is 79.9. The molecule has 17 nitrogen and oxygen atoms in total. The molecule has 2 aromatic carbocycles. The Balaban J connectivity index is 0.000000165. The van der Waals surface area contributed by atoms with E-state index in [0.717, 1.165) is 50.2 Å². The molecule has 1 aliphatic heterocycles. The van der Waals surface area contributed by atoms with Crippen molar-refractivity contribution < 1.29 is 14.1 Å². The smallest absolute Gasteiger partial charge is 0.399 e. The number of aromatic nitrogens is 11. The first-order chi connectivity index (χ1) is 33.2. The molecule has 0 bridgehead atoms. The number of carbonyl (C=O) groups is 1. The minimum atomic E-state index is -0.280. The zero-order valence-electron chi connectivity index (χ0n) is 39.3. The van der Waals surface area contributed by atoms with Crippen LogP contribution in [-0.2, 0) is 14.1 Å². The molecular formula is C46H49BBr2Cl4N14O3. The van der Waals surface area contributed by atoms with Crippen molar-refractivity contribution in [2.24, 2.45) is 0 Å². The first-order valence-corrected chi connectivity index (χ1v) is 24.4. The Labute approximate surface area is 442 Å². The summed E-state index contributed by atoms with van der Waals surface area (Å²) in [5, 5.41) is 21.4. The molecule has 0 amide bonds. The number of halogens is 6. The number of nitrogens with two attached hydrogens (primary N) is 1. The number of nitrogen functional groups attached to an aromatic ring is 1. The summed E-state index contributed by atoms with van der Waals surface area (Å²) in [6, 6.07) is 30.4. The number of hydrogen-bond acceptors (Lipinski definition) is 14. The number of imidazole rings is 3. The molecule has 366 valence electrons. The van der Waals surface area contributed by atoms with Gasteiger partial charge in [0.2, 0.25) is 0 Å². The quantitative estimate of drug-likeness (QED) is 0.0975. The lowest BCUT2D eigenvalue weighted by Gasteiger charge is -2.32. The molecule has 0 radical (unpaired) electrons. The fourth-order valence-corrected chi connectivity index (χ4v) is 6.71. The Bertz CT molecular complexity index is 3030. The van der Waals surface area contributed by atoms with Crippen molar-refractivity contribution in [1.29, 1.82) is 0 Å². The van der Waals surface area contributed by atoms with Crippen LogP contribution in [0.4, 0.5) is 17.2 Å². The lowest BCUT2D eigenvalue weighted by molar-refractivity contribution is -0.105.